The number of fused-ring (bicyclic) bond motifs is 1. The molecule has 10 heteroatoms. The summed E-state index contributed by atoms with van der Waals surface area (Å²) in [4.78, 5) is 16.0. The quantitative estimate of drug-likeness (QED) is 0.243. The summed E-state index contributed by atoms with van der Waals surface area (Å²) in [7, 11) is 3.15. The van der Waals surface area contributed by atoms with Gasteiger partial charge in [-0.25, -0.2) is 22.9 Å². The van der Waals surface area contributed by atoms with Gasteiger partial charge in [0.15, 0.2) is 16.7 Å². The van der Waals surface area contributed by atoms with E-state index in [0.29, 0.717) is 22.3 Å². The minimum atomic E-state index is -1.41. The molecular weight excluding hydrogens is 529 g/mol. The van der Waals surface area contributed by atoms with Gasteiger partial charge >= 0.3 is 5.97 Å². The number of rotatable bonds is 8. The van der Waals surface area contributed by atoms with Crippen LogP contribution in [0.5, 0.6) is 11.5 Å². The van der Waals surface area contributed by atoms with Crippen molar-refractivity contribution in [3.8, 4) is 17.2 Å². The maximum absolute atomic E-state index is 14.7. The molecule has 39 heavy (non-hydrogen) atoms. The second-order valence-electron chi connectivity index (χ2n) is 9.11. The summed E-state index contributed by atoms with van der Waals surface area (Å²) in [5.74, 6) is -2.65. The van der Waals surface area contributed by atoms with E-state index in [1.807, 2.05) is 22.8 Å². The maximum Gasteiger partial charge on any atom is 0.335 e. The van der Waals surface area contributed by atoms with Crippen LogP contribution < -0.4 is 9.47 Å². The van der Waals surface area contributed by atoms with Crippen LogP contribution in [0.2, 0.25) is 0 Å². The molecule has 0 fully saturated rings. The number of carboxylic acid groups (broad SMARTS) is 1. The lowest BCUT2D eigenvalue weighted by Gasteiger charge is -2.26. The Morgan fingerprint density at radius 3 is 2.36 bits per heavy atom. The number of ether oxygens (including phenoxy) is 2. The molecule has 0 spiro atoms. The molecule has 1 aliphatic rings. The molecule has 1 atom stereocenters. The van der Waals surface area contributed by atoms with Crippen molar-refractivity contribution >= 4 is 17.7 Å². The fraction of sp³-hybridized carbons (Fsp3) is 0.241. The molecule has 6 nitrogen and oxygen atoms in total. The Labute approximate surface area is 227 Å². The molecule has 0 radical (unpaired) electrons. The van der Waals surface area contributed by atoms with Gasteiger partial charge in [0.2, 0.25) is 0 Å². The second-order valence-corrected chi connectivity index (χ2v) is 10.1. The van der Waals surface area contributed by atoms with Crippen molar-refractivity contribution in [2.75, 3.05) is 14.2 Å². The smallest absolute Gasteiger partial charge is 0.335 e. The highest BCUT2D eigenvalue weighted by Gasteiger charge is 2.31. The predicted molar refractivity (Wildman–Crippen MR) is 141 cm³/mol. The average Bonchev–Trinajstić information content (AvgIpc) is 3.31. The molecule has 3 aromatic carbocycles. The molecule has 1 unspecified atom stereocenters. The summed E-state index contributed by atoms with van der Waals surface area (Å²) < 4.78 is 56.0. The molecule has 1 aromatic heterocycles. The molecule has 5 rings (SSSR count). The van der Waals surface area contributed by atoms with Crippen LogP contribution in [0.3, 0.4) is 0 Å². The summed E-state index contributed by atoms with van der Waals surface area (Å²) in [5.41, 5.74) is 2.74. The van der Waals surface area contributed by atoms with E-state index in [-0.39, 0.29) is 23.1 Å². The molecular formula is C29H25F3N2O4S. The highest BCUT2D eigenvalue weighted by atomic mass is 32.2. The van der Waals surface area contributed by atoms with Crippen LogP contribution >= 0.6 is 11.8 Å². The number of hydrogen-bond donors (Lipinski definition) is 1. The Kier molecular flexibility index (Phi) is 7.56. The highest BCUT2D eigenvalue weighted by molar-refractivity contribution is 7.98. The molecule has 0 amide bonds. The Morgan fingerprint density at radius 1 is 1.03 bits per heavy atom. The summed E-state index contributed by atoms with van der Waals surface area (Å²) in [6.07, 6.45) is 2.44. The normalized spacial score (nSPS) is 14.6. The first-order valence-electron chi connectivity index (χ1n) is 12.2. The largest absolute Gasteiger partial charge is 0.493 e. The Hall–Kier alpha value is -3.92. The maximum atomic E-state index is 14.7. The van der Waals surface area contributed by atoms with Crippen molar-refractivity contribution in [3.63, 3.8) is 0 Å². The SMILES string of the molecule is COc1ccc(C2CCCc3nc(SCc4c(F)cc(C(=O)O)cc4F)n(-c4ccc(F)cc4)c32)cc1OC. The monoisotopic (exact) mass is 554 g/mol. The number of benzene rings is 3. The number of carbonyl (C=O) groups is 1. The van der Waals surface area contributed by atoms with Gasteiger partial charge in [-0.2, -0.15) is 0 Å². The zero-order chi connectivity index (χ0) is 27.7. The minimum absolute atomic E-state index is 0.0659. The van der Waals surface area contributed by atoms with Crippen LogP contribution in [0.1, 0.15) is 51.6 Å². The molecule has 0 aliphatic heterocycles. The highest BCUT2D eigenvalue weighted by Crippen LogP contribution is 2.43. The number of thioether (sulfide) groups is 1. The van der Waals surface area contributed by atoms with Gasteiger partial charge in [-0.05, 0) is 73.4 Å². The van der Waals surface area contributed by atoms with Crippen LogP contribution in [0.4, 0.5) is 13.2 Å². The number of hydrogen-bond acceptors (Lipinski definition) is 5. The van der Waals surface area contributed by atoms with E-state index < -0.39 is 23.2 Å². The van der Waals surface area contributed by atoms with Crippen molar-refractivity contribution in [2.24, 2.45) is 0 Å². The zero-order valence-corrected chi connectivity index (χ0v) is 22.0. The first-order chi connectivity index (χ1) is 18.8. The van der Waals surface area contributed by atoms with E-state index in [0.717, 1.165) is 60.1 Å². The van der Waals surface area contributed by atoms with E-state index in [9.17, 15) is 18.0 Å². The average molecular weight is 555 g/mol. The third-order valence-electron chi connectivity index (χ3n) is 6.82. The molecule has 1 aliphatic carbocycles. The molecule has 1 N–H and O–H groups in total. The number of aromatic carboxylic acids is 1. The van der Waals surface area contributed by atoms with Crippen LogP contribution in [-0.2, 0) is 12.2 Å². The van der Waals surface area contributed by atoms with Gasteiger partial charge in [0.1, 0.15) is 17.5 Å². The van der Waals surface area contributed by atoms with Crippen molar-refractivity contribution < 1.29 is 32.5 Å². The summed E-state index contributed by atoms with van der Waals surface area (Å²) in [6, 6.07) is 13.4. The first-order valence-corrected chi connectivity index (χ1v) is 13.2. The van der Waals surface area contributed by atoms with E-state index in [4.69, 9.17) is 19.6 Å². The van der Waals surface area contributed by atoms with Crippen molar-refractivity contribution in [3.05, 3.63) is 100 Å². The third kappa shape index (κ3) is 5.21. The van der Waals surface area contributed by atoms with Gasteiger partial charge in [0, 0.05) is 22.9 Å². The summed E-state index contributed by atoms with van der Waals surface area (Å²) in [6.45, 7) is 0. The van der Waals surface area contributed by atoms with Gasteiger partial charge in [0.25, 0.3) is 0 Å². The molecule has 4 aromatic rings. The molecule has 0 saturated carbocycles. The van der Waals surface area contributed by atoms with Crippen molar-refractivity contribution in [1.82, 2.24) is 9.55 Å². The number of imidazole rings is 1. The fourth-order valence-corrected chi connectivity index (χ4v) is 5.99. The molecule has 0 saturated heterocycles. The third-order valence-corrected chi connectivity index (χ3v) is 7.79. The van der Waals surface area contributed by atoms with Crippen LogP contribution in [0.15, 0.2) is 59.8 Å². The molecule has 202 valence electrons. The number of aryl methyl sites for hydroxylation is 1. The van der Waals surface area contributed by atoms with Crippen LogP contribution in [0.25, 0.3) is 5.69 Å². The van der Waals surface area contributed by atoms with E-state index in [2.05, 4.69) is 0 Å². The van der Waals surface area contributed by atoms with Gasteiger partial charge in [0.05, 0.1) is 31.2 Å². The van der Waals surface area contributed by atoms with Gasteiger partial charge in [-0.1, -0.05) is 17.8 Å². The number of aromatic nitrogens is 2. The molecule has 1 heterocycles. The fourth-order valence-electron chi connectivity index (χ4n) is 4.94. The lowest BCUT2D eigenvalue weighted by atomic mass is 9.84. The number of carboxylic acids is 1. The Morgan fingerprint density at radius 2 is 1.72 bits per heavy atom. The van der Waals surface area contributed by atoms with Crippen LogP contribution in [-0.4, -0.2) is 34.8 Å². The topological polar surface area (TPSA) is 73.6 Å². The van der Waals surface area contributed by atoms with E-state index in [1.54, 1.807) is 26.4 Å². The Balaban J connectivity index is 1.59. The summed E-state index contributed by atoms with van der Waals surface area (Å²) >= 11 is 1.13. The standard InChI is InChI=1S/C29H25F3N2O4S/c1-37-25-11-6-16(14-26(25)38-2)20-4-3-5-24-27(20)34(19-9-7-18(30)8-10-19)29(33-24)39-15-21-22(31)12-17(28(35)36)13-23(21)32/h6-14,20H,3-5,15H2,1-2H3,(H,35,36). The summed E-state index contributed by atoms with van der Waals surface area (Å²) in [5, 5.41) is 9.60. The molecule has 0 bridgehead atoms. The van der Waals surface area contributed by atoms with Crippen LogP contribution in [0, 0.1) is 17.5 Å². The van der Waals surface area contributed by atoms with Gasteiger partial charge in [-0.15, -0.1) is 0 Å². The van der Waals surface area contributed by atoms with Gasteiger partial charge < -0.3 is 14.6 Å². The number of nitrogens with zero attached hydrogens (tertiary/aromatic N) is 2. The van der Waals surface area contributed by atoms with E-state index >= 15 is 0 Å². The lowest BCUT2D eigenvalue weighted by Crippen LogP contribution is -2.15. The Bertz CT molecular complexity index is 1520. The van der Waals surface area contributed by atoms with Gasteiger partial charge in [-0.3, -0.25) is 4.57 Å². The minimum Gasteiger partial charge on any atom is -0.493 e. The number of methoxy groups -OCH3 is 2. The lowest BCUT2D eigenvalue weighted by molar-refractivity contribution is 0.0695. The van der Waals surface area contributed by atoms with E-state index in [1.165, 1.54) is 12.1 Å². The van der Waals surface area contributed by atoms with Crippen molar-refractivity contribution in [1.29, 1.82) is 0 Å². The second kappa shape index (κ2) is 11.1. The van der Waals surface area contributed by atoms with Crippen molar-refractivity contribution in [2.45, 2.75) is 36.1 Å². The predicted octanol–water partition coefficient (Wildman–Crippen LogP) is 6.77. The zero-order valence-electron chi connectivity index (χ0n) is 21.2. The number of halogens is 3. The first kappa shape index (κ1) is 26.7.